The molecule has 0 saturated heterocycles. The average molecular weight is 495 g/mol. The molecule has 1 N–H and O–H groups in total. The summed E-state index contributed by atoms with van der Waals surface area (Å²) in [7, 11) is 0. The molecule has 1 amide bonds. The Morgan fingerprint density at radius 3 is 2.83 bits per heavy atom. The van der Waals surface area contributed by atoms with Crippen LogP contribution in [0.3, 0.4) is 0 Å². The quantitative estimate of drug-likeness (QED) is 0.408. The van der Waals surface area contributed by atoms with Crippen LogP contribution in [0.5, 0.6) is 0 Å². The standard InChI is InChI=1S/C19H14BrClFN5OS/c20-15-10-27(8-13-3-1-2-4-16(13)22)25-18(15)24-19(28)17-5-12(11-29-17)7-26-9-14(21)6-23-26/h1-6,9-11H,7-8H2,(H,24,25,28). The Balaban J connectivity index is 1.43. The molecule has 0 radical (unpaired) electrons. The van der Waals surface area contributed by atoms with Gasteiger partial charge in [-0.3, -0.25) is 14.2 Å². The maximum absolute atomic E-state index is 13.8. The van der Waals surface area contributed by atoms with E-state index >= 15 is 0 Å². The second-order valence-corrected chi connectivity index (χ2v) is 8.45. The van der Waals surface area contributed by atoms with E-state index in [1.54, 1.807) is 52.2 Å². The third-order valence-electron chi connectivity index (χ3n) is 4.06. The van der Waals surface area contributed by atoms with Gasteiger partial charge in [-0.15, -0.1) is 11.3 Å². The zero-order chi connectivity index (χ0) is 20.4. The molecule has 0 fully saturated rings. The fraction of sp³-hybridized carbons (Fsp3) is 0.105. The van der Waals surface area contributed by atoms with E-state index in [4.69, 9.17) is 11.6 Å². The molecule has 29 heavy (non-hydrogen) atoms. The summed E-state index contributed by atoms with van der Waals surface area (Å²) in [4.78, 5) is 13.1. The van der Waals surface area contributed by atoms with Gasteiger partial charge in [0.25, 0.3) is 5.91 Å². The van der Waals surface area contributed by atoms with E-state index in [1.165, 1.54) is 17.4 Å². The molecule has 4 aromatic rings. The topological polar surface area (TPSA) is 64.7 Å². The summed E-state index contributed by atoms with van der Waals surface area (Å²) in [6.07, 6.45) is 4.98. The highest BCUT2D eigenvalue weighted by atomic mass is 79.9. The van der Waals surface area contributed by atoms with Gasteiger partial charge in [0.2, 0.25) is 0 Å². The van der Waals surface area contributed by atoms with Crippen LogP contribution in [-0.2, 0) is 13.1 Å². The molecule has 0 bridgehead atoms. The van der Waals surface area contributed by atoms with Gasteiger partial charge in [-0.05, 0) is 39.0 Å². The summed E-state index contributed by atoms with van der Waals surface area (Å²) in [6.45, 7) is 0.786. The Hall–Kier alpha value is -2.49. The molecule has 0 saturated carbocycles. The highest BCUT2D eigenvalue weighted by molar-refractivity contribution is 9.10. The zero-order valence-corrected chi connectivity index (χ0v) is 18.0. The maximum Gasteiger partial charge on any atom is 0.266 e. The normalized spacial score (nSPS) is 11.0. The van der Waals surface area contributed by atoms with Gasteiger partial charge in [0.1, 0.15) is 5.82 Å². The zero-order valence-electron chi connectivity index (χ0n) is 14.8. The van der Waals surface area contributed by atoms with E-state index in [2.05, 4.69) is 31.4 Å². The van der Waals surface area contributed by atoms with Gasteiger partial charge in [-0.2, -0.15) is 10.2 Å². The largest absolute Gasteiger partial charge is 0.303 e. The Morgan fingerprint density at radius 1 is 1.24 bits per heavy atom. The van der Waals surface area contributed by atoms with Crippen LogP contribution in [0.4, 0.5) is 10.2 Å². The van der Waals surface area contributed by atoms with Crippen molar-refractivity contribution in [1.82, 2.24) is 19.6 Å². The molecule has 0 aliphatic carbocycles. The number of hydrogen-bond donors (Lipinski definition) is 1. The van der Waals surface area contributed by atoms with Crippen LogP contribution >= 0.6 is 38.9 Å². The first-order valence-corrected chi connectivity index (χ1v) is 10.6. The lowest BCUT2D eigenvalue weighted by Crippen LogP contribution is -2.12. The number of anilines is 1. The molecule has 1 aromatic carbocycles. The molecular formula is C19H14BrClFN5OS. The molecule has 3 aromatic heterocycles. The van der Waals surface area contributed by atoms with Crippen molar-refractivity contribution < 1.29 is 9.18 Å². The molecule has 148 valence electrons. The number of nitrogens with zero attached hydrogens (tertiary/aromatic N) is 4. The highest BCUT2D eigenvalue weighted by Gasteiger charge is 2.15. The van der Waals surface area contributed by atoms with Crippen LogP contribution in [-0.4, -0.2) is 25.5 Å². The minimum absolute atomic E-state index is 0.261. The van der Waals surface area contributed by atoms with Gasteiger partial charge < -0.3 is 5.32 Å². The fourth-order valence-corrected chi connectivity index (χ4v) is 4.09. The van der Waals surface area contributed by atoms with Crippen molar-refractivity contribution >= 4 is 50.6 Å². The second kappa shape index (κ2) is 8.48. The number of rotatable bonds is 6. The second-order valence-electron chi connectivity index (χ2n) is 6.24. The van der Waals surface area contributed by atoms with Gasteiger partial charge >= 0.3 is 0 Å². The number of carbonyl (C=O) groups excluding carboxylic acids is 1. The summed E-state index contributed by atoms with van der Waals surface area (Å²) < 4.78 is 17.7. The lowest BCUT2D eigenvalue weighted by Gasteiger charge is -2.03. The first-order chi connectivity index (χ1) is 14.0. The Morgan fingerprint density at radius 2 is 2.07 bits per heavy atom. The molecule has 0 unspecified atom stereocenters. The molecule has 0 spiro atoms. The van der Waals surface area contributed by atoms with E-state index in [1.807, 2.05) is 5.38 Å². The number of aromatic nitrogens is 4. The van der Waals surface area contributed by atoms with Crippen molar-refractivity contribution in [2.45, 2.75) is 13.1 Å². The number of thiophene rings is 1. The van der Waals surface area contributed by atoms with E-state index in [0.29, 0.717) is 32.3 Å². The van der Waals surface area contributed by atoms with Gasteiger partial charge in [0, 0.05) is 18.0 Å². The molecule has 0 aliphatic heterocycles. The Kier molecular flexibility index (Phi) is 5.79. The fourth-order valence-electron chi connectivity index (χ4n) is 2.72. The summed E-state index contributed by atoms with van der Waals surface area (Å²) in [5.74, 6) is -0.189. The van der Waals surface area contributed by atoms with Gasteiger partial charge in [0.05, 0.1) is 33.7 Å². The van der Waals surface area contributed by atoms with Crippen LogP contribution in [0, 0.1) is 5.82 Å². The Bertz CT molecular complexity index is 1170. The summed E-state index contributed by atoms with van der Waals surface area (Å²) in [5, 5.41) is 13.7. The van der Waals surface area contributed by atoms with Gasteiger partial charge in [-0.1, -0.05) is 29.8 Å². The van der Waals surface area contributed by atoms with Crippen molar-refractivity contribution in [3.05, 3.63) is 85.6 Å². The van der Waals surface area contributed by atoms with Gasteiger partial charge in [-0.25, -0.2) is 4.39 Å². The van der Waals surface area contributed by atoms with E-state index in [-0.39, 0.29) is 18.3 Å². The van der Waals surface area contributed by atoms with Crippen molar-refractivity contribution in [3.8, 4) is 0 Å². The van der Waals surface area contributed by atoms with Crippen LogP contribution in [0.1, 0.15) is 20.8 Å². The van der Waals surface area contributed by atoms with Crippen LogP contribution < -0.4 is 5.32 Å². The first kappa shape index (κ1) is 19.8. The minimum Gasteiger partial charge on any atom is -0.303 e. The van der Waals surface area contributed by atoms with Crippen LogP contribution in [0.25, 0.3) is 0 Å². The van der Waals surface area contributed by atoms with E-state index < -0.39 is 0 Å². The number of carbonyl (C=O) groups is 1. The number of benzene rings is 1. The third kappa shape index (κ3) is 4.75. The lowest BCUT2D eigenvalue weighted by molar-refractivity contribution is 0.103. The summed E-state index contributed by atoms with van der Waals surface area (Å²) in [6, 6.07) is 8.32. The predicted molar refractivity (Wildman–Crippen MR) is 114 cm³/mol. The molecular weight excluding hydrogens is 481 g/mol. The van der Waals surface area contributed by atoms with Crippen molar-refractivity contribution in [2.75, 3.05) is 5.32 Å². The van der Waals surface area contributed by atoms with Gasteiger partial charge in [0.15, 0.2) is 5.82 Å². The lowest BCUT2D eigenvalue weighted by atomic mass is 10.2. The molecule has 10 heteroatoms. The van der Waals surface area contributed by atoms with E-state index in [0.717, 1.165) is 5.56 Å². The molecule has 6 nitrogen and oxygen atoms in total. The van der Waals surface area contributed by atoms with Crippen molar-refractivity contribution in [2.24, 2.45) is 0 Å². The maximum atomic E-state index is 13.8. The number of amides is 1. The SMILES string of the molecule is O=C(Nc1nn(Cc2ccccc2F)cc1Br)c1cc(Cn2cc(Cl)cn2)cs1. The number of hydrogen-bond acceptors (Lipinski definition) is 4. The first-order valence-electron chi connectivity index (χ1n) is 8.51. The minimum atomic E-state index is -0.297. The van der Waals surface area contributed by atoms with Crippen molar-refractivity contribution in [3.63, 3.8) is 0 Å². The van der Waals surface area contributed by atoms with Crippen LogP contribution in [0.15, 0.2) is 58.8 Å². The highest BCUT2D eigenvalue weighted by Crippen LogP contribution is 2.23. The Labute approximate surface area is 183 Å². The smallest absolute Gasteiger partial charge is 0.266 e. The predicted octanol–water partition coefficient (Wildman–Crippen LogP) is 5.05. The molecule has 0 aliphatic rings. The average Bonchev–Trinajstić information content (AvgIpc) is 3.39. The summed E-state index contributed by atoms with van der Waals surface area (Å²) in [5.41, 5.74) is 1.46. The number of nitrogens with one attached hydrogen (secondary N) is 1. The van der Waals surface area contributed by atoms with E-state index in [9.17, 15) is 9.18 Å². The van der Waals surface area contributed by atoms with Crippen LogP contribution in [0.2, 0.25) is 5.02 Å². The third-order valence-corrected chi connectivity index (χ3v) is 5.82. The molecule has 0 atom stereocenters. The molecule has 4 rings (SSSR count). The van der Waals surface area contributed by atoms with Crippen molar-refractivity contribution in [1.29, 1.82) is 0 Å². The summed E-state index contributed by atoms with van der Waals surface area (Å²) >= 11 is 10.6. The monoisotopic (exact) mass is 493 g/mol. The number of halogens is 3. The molecule has 3 heterocycles.